The van der Waals surface area contributed by atoms with Gasteiger partial charge in [0.1, 0.15) is 5.75 Å². The van der Waals surface area contributed by atoms with Gasteiger partial charge in [0.25, 0.3) is 0 Å². The minimum Gasteiger partial charge on any atom is -0.497 e. The van der Waals surface area contributed by atoms with Crippen molar-refractivity contribution in [1.29, 1.82) is 0 Å². The van der Waals surface area contributed by atoms with Crippen LogP contribution in [0.3, 0.4) is 0 Å². The molecule has 1 saturated heterocycles. The van der Waals surface area contributed by atoms with Crippen LogP contribution in [0.1, 0.15) is 44.6 Å². The Bertz CT molecular complexity index is 524. The van der Waals surface area contributed by atoms with Crippen molar-refractivity contribution in [1.82, 2.24) is 10.2 Å². The summed E-state index contributed by atoms with van der Waals surface area (Å²) in [6.07, 6.45) is 2.58. The maximum Gasteiger partial charge on any atom is 0.227 e. The summed E-state index contributed by atoms with van der Waals surface area (Å²) in [5.41, 5.74) is 0.973. The predicted molar refractivity (Wildman–Crippen MR) is 99.9 cm³/mol. The van der Waals surface area contributed by atoms with Crippen molar-refractivity contribution in [2.24, 2.45) is 5.92 Å². The fraction of sp³-hybridized carbons (Fsp3) is 0.650. The van der Waals surface area contributed by atoms with Gasteiger partial charge in [-0.05, 0) is 56.0 Å². The summed E-state index contributed by atoms with van der Waals surface area (Å²) in [4.78, 5) is 14.8. The number of nitrogens with one attached hydrogen (secondary N) is 1. The normalized spacial score (nSPS) is 18.6. The summed E-state index contributed by atoms with van der Waals surface area (Å²) < 4.78 is 5.16. The Kier molecular flexibility index (Phi) is 7.72. The lowest BCUT2D eigenvalue weighted by molar-refractivity contribution is -0.123. The third-order valence-electron chi connectivity index (χ3n) is 5.10. The number of rotatable bonds is 8. The summed E-state index contributed by atoms with van der Waals surface area (Å²) in [5.74, 6) is 1.33. The third-order valence-corrected chi connectivity index (χ3v) is 5.10. The Labute approximate surface area is 151 Å². The van der Waals surface area contributed by atoms with E-state index in [1.165, 1.54) is 12.8 Å². The van der Waals surface area contributed by atoms with E-state index in [-0.39, 0.29) is 11.8 Å². The number of aliphatic hydroxyl groups is 1. The van der Waals surface area contributed by atoms with Crippen LogP contribution in [-0.2, 0) is 4.79 Å². The van der Waals surface area contributed by atoms with Crippen LogP contribution in [0.15, 0.2) is 24.3 Å². The predicted octanol–water partition coefficient (Wildman–Crippen LogP) is 2.40. The number of amides is 1. The van der Waals surface area contributed by atoms with Crippen LogP contribution in [0.4, 0.5) is 0 Å². The largest absolute Gasteiger partial charge is 0.497 e. The second-order valence-corrected chi connectivity index (χ2v) is 7.12. The van der Waals surface area contributed by atoms with Crippen LogP contribution in [-0.4, -0.2) is 55.3 Å². The number of likely N-dealkylation sites (tertiary alicyclic amines) is 1. The number of nitrogens with zero attached hydrogens (tertiary/aromatic N) is 1. The van der Waals surface area contributed by atoms with Crippen LogP contribution in [0.5, 0.6) is 5.75 Å². The first-order valence-electron chi connectivity index (χ1n) is 9.35. The average Bonchev–Trinajstić information content (AvgIpc) is 2.63. The van der Waals surface area contributed by atoms with Crippen molar-refractivity contribution in [3.05, 3.63) is 29.8 Å². The van der Waals surface area contributed by atoms with Gasteiger partial charge in [0, 0.05) is 13.1 Å². The molecule has 0 spiro atoms. The Morgan fingerprint density at radius 3 is 2.52 bits per heavy atom. The second kappa shape index (κ2) is 9.78. The highest BCUT2D eigenvalue weighted by Crippen LogP contribution is 2.22. The molecule has 140 valence electrons. The fourth-order valence-electron chi connectivity index (χ4n) is 3.36. The minimum atomic E-state index is -0.522. The van der Waals surface area contributed by atoms with Crippen LogP contribution >= 0.6 is 0 Å². The molecule has 5 heteroatoms. The number of piperidine rings is 1. The Morgan fingerprint density at radius 1 is 1.32 bits per heavy atom. The van der Waals surface area contributed by atoms with E-state index >= 15 is 0 Å². The number of benzene rings is 1. The van der Waals surface area contributed by atoms with Gasteiger partial charge in [-0.1, -0.05) is 26.0 Å². The number of hydrogen-bond acceptors (Lipinski definition) is 4. The molecule has 0 aromatic heterocycles. The molecule has 2 unspecified atom stereocenters. The molecule has 0 aliphatic carbocycles. The third kappa shape index (κ3) is 6.01. The van der Waals surface area contributed by atoms with E-state index in [9.17, 15) is 9.90 Å². The van der Waals surface area contributed by atoms with E-state index < -0.39 is 6.10 Å². The lowest BCUT2D eigenvalue weighted by Crippen LogP contribution is -2.43. The average molecular weight is 348 g/mol. The Morgan fingerprint density at radius 2 is 1.96 bits per heavy atom. The Hall–Kier alpha value is -1.59. The molecular formula is C20H32N2O3. The number of hydrogen-bond donors (Lipinski definition) is 2. The SMILES string of the molecule is CCC(C(=O)NCC(O)CN1CCC(C)CC1)c1ccc(OC)cc1. The molecule has 1 fully saturated rings. The highest BCUT2D eigenvalue weighted by molar-refractivity contribution is 5.83. The second-order valence-electron chi connectivity index (χ2n) is 7.12. The van der Waals surface area contributed by atoms with Crippen LogP contribution in [0, 0.1) is 5.92 Å². The molecule has 0 bridgehead atoms. The molecule has 1 aliphatic rings. The van der Waals surface area contributed by atoms with Crippen molar-refractivity contribution in [3.63, 3.8) is 0 Å². The molecule has 1 aromatic carbocycles. The number of methoxy groups -OCH3 is 1. The highest BCUT2D eigenvalue weighted by atomic mass is 16.5. The van der Waals surface area contributed by atoms with Crippen LogP contribution in [0.2, 0.25) is 0 Å². The molecule has 1 aromatic rings. The summed E-state index contributed by atoms with van der Waals surface area (Å²) in [5, 5.41) is 13.1. The van der Waals surface area contributed by atoms with Gasteiger partial charge in [-0.25, -0.2) is 0 Å². The van der Waals surface area contributed by atoms with E-state index in [2.05, 4.69) is 17.1 Å². The maximum atomic E-state index is 12.5. The lowest BCUT2D eigenvalue weighted by atomic mass is 9.95. The van der Waals surface area contributed by atoms with Gasteiger partial charge in [0.2, 0.25) is 5.91 Å². The minimum absolute atomic E-state index is 0.0287. The van der Waals surface area contributed by atoms with Gasteiger partial charge in [0.15, 0.2) is 0 Å². The van der Waals surface area contributed by atoms with Gasteiger partial charge >= 0.3 is 0 Å². The first kappa shape index (κ1) is 19.7. The molecule has 2 rings (SSSR count). The zero-order valence-electron chi connectivity index (χ0n) is 15.7. The molecule has 2 atom stereocenters. The van der Waals surface area contributed by atoms with E-state index in [4.69, 9.17) is 4.74 Å². The first-order valence-corrected chi connectivity index (χ1v) is 9.35. The van der Waals surface area contributed by atoms with Gasteiger partial charge in [-0.2, -0.15) is 0 Å². The van der Waals surface area contributed by atoms with E-state index in [0.717, 1.165) is 36.7 Å². The van der Waals surface area contributed by atoms with Gasteiger partial charge in [-0.3, -0.25) is 4.79 Å². The smallest absolute Gasteiger partial charge is 0.227 e. The molecule has 2 N–H and O–H groups in total. The van der Waals surface area contributed by atoms with Crippen molar-refractivity contribution >= 4 is 5.91 Å². The maximum absolute atomic E-state index is 12.5. The van der Waals surface area contributed by atoms with Crippen molar-refractivity contribution in [2.75, 3.05) is 33.3 Å². The zero-order chi connectivity index (χ0) is 18.2. The number of aliphatic hydroxyl groups excluding tert-OH is 1. The van der Waals surface area contributed by atoms with Gasteiger partial charge in [-0.15, -0.1) is 0 Å². The highest BCUT2D eigenvalue weighted by Gasteiger charge is 2.21. The molecule has 5 nitrogen and oxygen atoms in total. The molecule has 0 saturated carbocycles. The Balaban J connectivity index is 1.80. The van der Waals surface area contributed by atoms with Crippen molar-refractivity contribution in [3.8, 4) is 5.75 Å². The summed E-state index contributed by atoms with van der Waals surface area (Å²) in [6.45, 7) is 7.28. The number of β-amino-alcohol motifs (C(OH)–C–C–N with tert-alkyl or cyclic N) is 1. The monoisotopic (exact) mass is 348 g/mol. The molecule has 1 aliphatic heterocycles. The number of carbonyl (C=O) groups is 1. The molecule has 25 heavy (non-hydrogen) atoms. The van der Waals surface area contributed by atoms with Crippen LogP contribution < -0.4 is 10.1 Å². The molecule has 0 radical (unpaired) electrons. The summed E-state index contributed by atoms with van der Waals surface area (Å²) in [7, 11) is 1.63. The quantitative estimate of drug-likeness (QED) is 0.757. The van der Waals surface area contributed by atoms with Crippen molar-refractivity contribution in [2.45, 2.75) is 45.1 Å². The number of ether oxygens (including phenoxy) is 1. The van der Waals surface area contributed by atoms with E-state index in [1.54, 1.807) is 7.11 Å². The standard InChI is InChI=1S/C20H32N2O3/c1-4-19(16-5-7-18(25-3)8-6-16)20(24)21-13-17(23)14-22-11-9-15(2)10-12-22/h5-8,15,17,19,23H,4,9-14H2,1-3H3,(H,21,24). The van der Waals surface area contributed by atoms with E-state index in [1.807, 2.05) is 31.2 Å². The fourth-order valence-corrected chi connectivity index (χ4v) is 3.36. The first-order chi connectivity index (χ1) is 12.0. The van der Waals surface area contributed by atoms with Crippen LogP contribution in [0.25, 0.3) is 0 Å². The molecule has 1 amide bonds. The van der Waals surface area contributed by atoms with E-state index in [0.29, 0.717) is 13.1 Å². The molecule has 1 heterocycles. The summed E-state index contributed by atoms with van der Waals surface area (Å²) in [6, 6.07) is 7.60. The zero-order valence-corrected chi connectivity index (χ0v) is 15.7. The topological polar surface area (TPSA) is 61.8 Å². The molecular weight excluding hydrogens is 316 g/mol. The number of carbonyl (C=O) groups excluding carboxylic acids is 1. The van der Waals surface area contributed by atoms with Crippen molar-refractivity contribution < 1.29 is 14.6 Å². The van der Waals surface area contributed by atoms with Gasteiger partial charge < -0.3 is 20.1 Å². The lowest BCUT2D eigenvalue weighted by Gasteiger charge is -2.31. The van der Waals surface area contributed by atoms with Gasteiger partial charge in [0.05, 0.1) is 19.1 Å². The summed E-state index contributed by atoms with van der Waals surface area (Å²) >= 11 is 0.